The minimum Gasteiger partial charge on any atom is -0.457 e. The fourth-order valence-corrected chi connectivity index (χ4v) is 4.47. The average Bonchev–Trinajstić information content (AvgIpc) is 3.62. The molecule has 0 spiro atoms. The molecule has 5 nitrogen and oxygen atoms in total. The summed E-state index contributed by atoms with van der Waals surface area (Å²) in [6.45, 7) is 1.88. The summed E-state index contributed by atoms with van der Waals surface area (Å²) in [5.74, 6) is 1.43. The van der Waals surface area contributed by atoms with Gasteiger partial charge in [0, 0.05) is 0 Å². The minimum absolute atomic E-state index is 0.186. The van der Waals surface area contributed by atoms with Crippen LogP contribution < -0.4 is 4.74 Å². The highest BCUT2D eigenvalue weighted by atomic mass is 16.6. The van der Waals surface area contributed by atoms with Crippen molar-refractivity contribution in [3.05, 3.63) is 96.1 Å². The molecule has 2 aliphatic rings. The second-order valence-electron chi connectivity index (χ2n) is 8.88. The van der Waals surface area contributed by atoms with Crippen molar-refractivity contribution in [3.63, 3.8) is 0 Å². The van der Waals surface area contributed by atoms with Gasteiger partial charge >= 0.3 is 6.09 Å². The zero-order valence-corrected chi connectivity index (χ0v) is 18.6. The number of ether oxygens (including phenoxy) is 2. The van der Waals surface area contributed by atoms with E-state index in [2.05, 4.69) is 0 Å². The molecular formula is C28H27NO4. The first kappa shape index (κ1) is 21.3. The molecule has 1 heterocycles. The quantitative estimate of drug-likeness (QED) is 0.422. The van der Waals surface area contributed by atoms with Crippen LogP contribution in [0, 0.1) is 5.92 Å². The predicted octanol–water partition coefficient (Wildman–Crippen LogP) is 6.47. The maximum Gasteiger partial charge on any atom is 0.417 e. The number of hydrogen-bond acceptors (Lipinski definition) is 4. The van der Waals surface area contributed by atoms with E-state index in [-0.39, 0.29) is 17.9 Å². The molecule has 5 rings (SSSR count). The van der Waals surface area contributed by atoms with Crippen LogP contribution in [0.4, 0.5) is 4.79 Å². The molecule has 0 bridgehead atoms. The highest BCUT2D eigenvalue weighted by Crippen LogP contribution is 2.42. The van der Waals surface area contributed by atoms with E-state index < -0.39 is 12.2 Å². The zero-order valence-electron chi connectivity index (χ0n) is 18.6. The monoisotopic (exact) mass is 441 g/mol. The van der Waals surface area contributed by atoms with Gasteiger partial charge in [0.25, 0.3) is 0 Å². The lowest BCUT2D eigenvalue weighted by molar-refractivity contribution is -0.131. The second-order valence-corrected chi connectivity index (χ2v) is 8.88. The Kier molecular flexibility index (Phi) is 5.86. The summed E-state index contributed by atoms with van der Waals surface area (Å²) in [5.41, 5.74) is 1.80. The molecule has 3 aromatic carbocycles. The Bertz CT molecular complexity index is 1110. The van der Waals surface area contributed by atoms with Crippen LogP contribution in [0.1, 0.15) is 49.3 Å². The van der Waals surface area contributed by atoms with Gasteiger partial charge in [0.2, 0.25) is 5.91 Å². The SMILES string of the molecule is CC1C(c2ccccc2)OC(=O)N1C(=O)C(CC1CC1)c1ccc(Oc2ccccc2)cc1. The summed E-state index contributed by atoms with van der Waals surface area (Å²) < 4.78 is 11.5. The molecule has 168 valence electrons. The summed E-state index contributed by atoms with van der Waals surface area (Å²) in [5, 5.41) is 0. The number of cyclic esters (lactones) is 1. The average molecular weight is 442 g/mol. The standard InChI is InChI=1S/C28H27NO4/c1-19-26(22-8-4-2-5-9-22)33-28(31)29(19)27(30)25(18-20-12-13-20)21-14-16-24(17-15-21)32-23-10-6-3-7-11-23/h2-11,14-17,19-20,25-26H,12-13,18H2,1H3. The van der Waals surface area contributed by atoms with Crippen LogP contribution in [0.5, 0.6) is 11.5 Å². The van der Waals surface area contributed by atoms with Crippen LogP contribution in [-0.2, 0) is 9.53 Å². The van der Waals surface area contributed by atoms with Crippen LogP contribution in [0.15, 0.2) is 84.9 Å². The highest BCUT2D eigenvalue weighted by Gasteiger charge is 2.46. The fraction of sp³-hybridized carbons (Fsp3) is 0.286. The van der Waals surface area contributed by atoms with Crippen molar-refractivity contribution < 1.29 is 19.1 Å². The molecule has 0 aromatic heterocycles. The van der Waals surface area contributed by atoms with E-state index in [1.807, 2.05) is 91.9 Å². The third-order valence-electron chi connectivity index (χ3n) is 6.46. The molecule has 0 radical (unpaired) electrons. The van der Waals surface area contributed by atoms with Crippen molar-refractivity contribution in [2.75, 3.05) is 0 Å². The van der Waals surface area contributed by atoms with Crippen LogP contribution in [0.2, 0.25) is 0 Å². The first-order valence-corrected chi connectivity index (χ1v) is 11.5. The van der Waals surface area contributed by atoms with Gasteiger partial charge in [-0.1, -0.05) is 73.5 Å². The summed E-state index contributed by atoms with van der Waals surface area (Å²) in [6, 6.07) is 26.5. The molecule has 1 aliphatic carbocycles. The van der Waals surface area contributed by atoms with E-state index in [4.69, 9.17) is 9.47 Å². The molecule has 33 heavy (non-hydrogen) atoms. The lowest BCUT2D eigenvalue weighted by atomic mass is 9.91. The number of para-hydroxylation sites is 1. The molecule has 5 heteroatoms. The maximum atomic E-state index is 13.7. The minimum atomic E-state index is -0.564. The number of hydrogen-bond donors (Lipinski definition) is 0. The Morgan fingerprint density at radius 3 is 2.18 bits per heavy atom. The predicted molar refractivity (Wildman–Crippen MR) is 125 cm³/mol. The highest BCUT2D eigenvalue weighted by molar-refractivity contribution is 5.97. The Morgan fingerprint density at radius 1 is 0.939 bits per heavy atom. The number of benzene rings is 3. The van der Waals surface area contributed by atoms with Gasteiger partial charge in [-0.15, -0.1) is 0 Å². The van der Waals surface area contributed by atoms with Crippen molar-refractivity contribution >= 4 is 12.0 Å². The van der Waals surface area contributed by atoms with Crippen LogP contribution >= 0.6 is 0 Å². The number of rotatable bonds is 7. The third-order valence-corrected chi connectivity index (χ3v) is 6.46. The lowest BCUT2D eigenvalue weighted by Crippen LogP contribution is -2.41. The fourth-order valence-electron chi connectivity index (χ4n) is 4.47. The van der Waals surface area contributed by atoms with Crippen molar-refractivity contribution in [3.8, 4) is 11.5 Å². The summed E-state index contributed by atoms with van der Waals surface area (Å²) >= 11 is 0. The van der Waals surface area contributed by atoms with Gasteiger partial charge in [-0.25, -0.2) is 9.69 Å². The third kappa shape index (κ3) is 4.63. The van der Waals surface area contributed by atoms with Gasteiger partial charge in [0.15, 0.2) is 0 Å². The smallest absolute Gasteiger partial charge is 0.417 e. The van der Waals surface area contributed by atoms with Crippen molar-refractivity contribution in [2.24, 2.45) is 5.92 Å². The molecule has 3 aromatic rings. The molecule has 3 unspecified atom stereocenters. The van der Waals surface area contributed by atoms with Crippen LogP contribution in [-0.4, -0.2) is 22.9 Å². The molecule has 0 N–H and O–H groups in total. The summed E-state index contributed by atoms with van der Waals surface area (Å²) in [7, 11) is 0. The first-order chi connectivity index (χ1) is 16.1. The van der Waals surface area contributed by atoms with E-state index in [1.165, 1.54) is 4.90 Å². The lowest BCUT2D eigenvalue weighted by Gasteiger charge is -2.25. The van der Waals surface area contributed by atoms with E-state index in [1.54, 1.807) is 0 Å². The molecule has 1 aliphatic heterocycles. The number of nitrogens with zero attached hydrogens (tertiary/aromatic N) is 1. The Labute approximate surface area is 193 Å². The number of carbonyl (C=O) groups excluding carboxylic acids is 2. The van der Waals surface area contributed by atoms with Gasteiger partial charge in [-0.2, -0.15) is 0 Å². The van der Waals surface area contributed by atoms with E-state index >= 15 is 0 Å². The molecule has 2 fully saturated rings. The Morgan fingerprint density at radius 2 is 1.55 bits per heavy atom. The van der Waals surface area contributed by atoms with Gasteiger partial charge in [-0.3, -0.25) is 4.79 Å². The topological polar surface area (TPSA) is 55.8 Å². The molecule has 3 atom stereocenters. The molecule has 1 saturated carbocycles. The van der Waals surface area contributed by atoms with E-state index in [0.717, 1.165) is 36.1 Å². The first-order valence-electron chi connectivity index (χ1n) is 11.5. The van der Waals surface area contributed by atoms with Crippen LogP contribution in [0.25, 0.3) is 0 Å². The summed E-state index contributed by atoms with van der Waals surface area (Å²) in [6.07, 6.45) is 1.98. The van der Waals surface area contributed by atoms with Crippen molar-refractivity contribution in [1.82, 2.24) is 4.90 Å². The Hall–Kier alpha value is -3.60. The van der Waals surface area contributed by atoms with Gasteiger partial charge in [0.1, 0.15) is 17.6 Å². The maximum absolute atomic E-state index is 13.7. The van der Waals surface area contributed by atoms with Crippen molar-refractivity contribution in [1.29, 1.82) is 0 Å². The van der Waals surface area contributed by atoms with Crippen LogP contribution in [0.3, 0.4) is 0 Å². The van der Waals surface area contributed by atoms with Crippen molar-refractivity contribution in [2.45, 2.75) is 44.2 Å². The van der Waals surface area contributed by atoms with Gasteiger partial charge < -0.3 is 9.47 Å². The number of amides is 2. The largest absolute Gasteiger partial charge is 0.457 e. The molecule has 2 amide bonds. The van der Waals surface area contributed by atoms with E-state index in [0.29, 0.717) is 11.7 Å². The normalized spacial score (nSPS) is 20.9. The molecule has 1 saturated heterocycles. The second kappa shape index (κ2) is 9.10. The molecular weight excluding hydrogens is 414 g/mol. The Balaban J connectivity index is 1.36. The van der Waals surface area contributed by atoms with E-state index in [9.17, 15) is 9.59 Å². The van der Waals surface area contributed by atoms with Gasteiger partial charge in [0.05, 0.1) is 12.0 Å². The number of imide groups is 1. The number of carbonyl (C=O) groups is 2. The summed E-state index contributed by atoms with van der Waals surface area (Å²) in [4.78, 5) is 27.8. The zero-order chi connectivity index (χ0) is 22.8. The van der Waals surface area contributed by atoms with Gasteiger partial charge in [-0.05, 0) is 54.7 Å².